The highest BCUT2D eigenvalue weighted by atomic mass is 16.6. The Kier molecular flexibility index (Phi) is 5.24. The lowest BCUT2D eigenvalue weighted by Crippen LogP contribution is -2.33. The van der Waals surface area contributed by atoms with E-state index in [-0.39, 0.29) is 48.2 Å². The van der Waals surface area contributed by atoms with Crippen LogP contribution >= 0.6 is 0 Å². The van der Waals surface area contributed by atoms with E-state index in [2.05, 4.69) is 0 Å². The molecular weight excluding hydrogens is 336 g/mol. The molecule has 2 heterocycles. The molecule has 146 valence electrons. The van der Waals surface area contributed by atoms with Crippen molar-refractivity contribution in [3.63, 3.8) is 0 Å². The number of epoxide rings is 2. The molecule has 0 aromatic heterocycles. The largest absolute Gasteiger partial charge is 0.462 e. The van der Waals surface area contributed by atoms with Gasteiger partial charge >= 0.3 is 11.9 Å². The van der Waals surface area contributed by atoms with Crippen molar-refractivity contribution in [3.8, 4) is 0 Å². The van der Waals surface area contributed by atoms with Crippen LogP contribution in [0.2, 0.25) is 0 Å². The fourth-order valence-electron chi connectivity index (χ4n) is 4.35. The average Bonchev–Trinajstić information content (AvgIpc) is 3.53. The Labute approximate surface area is 154 Å². The van der Waals surface area contributed by atoms with E-state index in [4.69, 9.17) is 18.9 Å². The van der Waals surface area contributed by atoms with Gasteiger partial charge in [-0.2, -0.15) is 0 Å². The highest BCUT2D eigenvalue weighted by Gasteiger charge is 2.46. The molecule has 0 spiro atoms. The summed E-state index contributed by atoms with van der Waals surface area (Å²) in [5, 5.41) is 0. The van der Waals surface area contributed by atoms with Crippen molar-refractivity contribution in [2.75, 3.05) is 0 Å². The molecule has 2 saturated heterocycles. The number of esters is 2. The van der Waals surface area contributed by atoms with Gasteiger partial charge in [-0.15, -0.1) is 0 Å². The van der Waals surface area contributed by atoms with Crippen LogP contribution in [-0.4, -0.2) is 48.6 Å². The Morgan fingerprint density at radius 3 is 2.23 bits per heavy atom. The minimum atomic E-state index is -0.130. The minimum Gasteiger partial charge on any atom is -0.462 e. The first kappa shape index (κ1) is 18.2. The number of hydrogen-bond acceptors (Lipinski definition) is 6. The maximum absolute atomic E-state index is 12.3. The van der Waals surface area contributed by atoms with Crippen LogP contribution in [0.4, 0.5) is 0 Å². The van der Waals surface area contributed by atoms with Crippen molar-refractivity contribution in [1.82, 2.24) is 0 Å². The number of carbonyl (C=O) groups excluding carboxylic acids is 2. The summed E-state index contributed by atoms with van der Waals surface area (Å²) in [7, 11) is 0. The molecule has 6 nitrogen and oxygen atoms in total. The van der Waals surface area contributed by atoms with Crippen LogP contribution in [0.5, 0.6) is 0 Å². The van der Waals surface area contributed by atoms with Gasteiger partial charge < -0.3 is 18.9 Å². The summed E-state index contributed by atoms with van der Waals surface area (Å²) in [6, 6.07) is 0. The summed E-state index contributed by atoms with van der Waals surface area (Å²) in [6.45, 7) is 3.93. The van der Waals surface area contributed by atoms with Crippen molar-refractivity contribution in [2.24, 2.45) is 11.8 Å². The fraction of sp³-hybridized carbons (Fsp3) is 0.900. The first-order chi connectivity index (χ1) is 12.5. The molecule has 2 saturated carbocycles. The molecule has 2 aliphatic carbocycles. The van der Waals surface area contributed by atoms with Crippen molar-refractivity contribution in [3.05, 3.63) is 0 Å². The smallest absolute Gasteiger partial charge is 0.309 e. The van der Waals surface area contributed by atoms with E-state index in [0.717, 1.165) is 51.4 Å². The van der Waals surface area contributed by atoms with E-state index < -0.39 is 0 Å². The van der Waals surface area contributed by atoms with Gasteiger partial charge in [0.15, 0.2) is 0 Å². The molecule has 4 aliphatic rings. The molecule has 4 fully saturated rings. The van der Waals surface area contributed by atoms with E-state index >= 15 is 0 Å². The van der Waals surface area contributed by atoms with Crippen LogP contribution in [-0.2, 0) is 28.5 Å². The normalized spacial score (nSPS) is 42.3. The highest BCUT2D eigenvalue weighted by Crippen LogP contribution is 2.40. The second kappa shape index (κ2) is 7.47. The third-order valence-corrected chi connectivity index (χ3v) is 6.35. The summed E-state index contributed by atoms with van der Waals surface area (Å²) >= 11 is 0. The molecule has 0 N–H and O–H groups in total. The number of rotatable bonds is 6. The first-order valence-electron chi connectivity index (χ1n) is 10.2. The molecular formula is C20H30O6. The molecule has 0 aromatic carbocycles. The summed E-state index contributed by atoms with van der Waals surface area (Å²) < 4.78 is 22.2. The first-order valence-corrected chi connectivity index (χ1v) is 10.2. The molecule has 26 heavy (non-hydrogen) atoms. The highest BCUT2D eigenvalue weighted by molar-refractivity contribution is 5.73. The molecule has 0 radical (unpaired) electrons. The van der Waals surface area contributed by atoms with Gasteiger partial charge in [-0.3, -0.25) is 9.59 Å². The van der Waals surface area contributed by atoms with Gasteiger partial charge in [0.25, 0.3) is 0 Å². The summed E-state index contributed by atoms with van der Waals surface area (Å²) in [6.07, 6.45) is 7.61. The van der Waals surface area contributed by atoms with Crippen LogP contribution in [0.3, 0.4) is 0 Å². The van der Waals surface area contributed by atoms with Crippen LogP contribution < -0.4 is 0 Å². The molecule has 0 amide bonds. The molecule has 0 bridgehead atoms. The lowest BCUT2D eigenvalue weighted by atomic mass is 9.89. The Hall–Kier alpha value is -1.14. The number of ether oxygens (including phenoxy) is 4. The van der Waals surface area contributed by atoms with Crippen molar-refractivity contribution >= 4 is 11.9 Å². The van der Waals surface area contributed by atoms with Crippen LogP contribution in [0, 0.1) is 11.8 Å². The number of fused-ring (bicyclic) bond motifs is 1. The maximum atomic E-state index is 12.3. The standard InChI is InChI=1S/C20H30O6/c1-11(9-17-12(2)23-17)19(21)24-14-4-6-15(7-5-14)25-20(22)13-3-8-16-18(10-13)26-16/h11-18H,3-10H2,1-2H3. The van der Waals surface area contributed by atoms with Gasteiger partial charge in [0, 0.05) is 0 Å². The lowest BCUT2D eigenvalue weighted by Gasteiger charge is -2.30. The maximum Gasteiger partial charge on any atom is 0.309 e. The van der Waals surface area contributed by atoms with Gasteiger partial charge in [0.05, 0.1) is 36.3 Å². The molecule has 0 aromatic rings. The topological polar surface area (TPSA) is 77.7 Å². The van der Waals surface area contributed by atoms with E-state index in [1.54, 1.807) is 0 Å². The summed E-state index contributed by atoms with van der Waals surface area (Å²) in [5.74, 6) is -0.316. The van der Waals surface area contributed by atoms with Crippen molar-refractivity contribution in [2.45, 2.75) is 102 Å². The SMILES string of the molecule is CC(CC1OC1C)C(=O)OC1CCC(OC(=O)C2CCC3OC3C2)CC1. The Morgan fingerprint density at radius 1 is 0.962 bits per heavy atom. The predicted octanol–water partition coefficient (Wildman–Crippen LogP) is 2.77. The third kappa shape index (κ3) is 4.39. The molecule has 2 aliphatic heterocycles. The van der Waals surface area contributed by atoms with Crippen LogP contribution in [0.1, 0.15) is 65.2 Å². The quantitative estimate of drug-likeness (QED) is 0.531. The monoisotopic (exact) mass is 366 g/mol. The van der Waals surface area contributed by atoms with E-state index in [9.17, 15) is 9.59 Å². The lowest BCUT2D eigenvalue weighted by molar-refractivity contribution is -0.163. The molecule has 4 rings (SSSR count). The van der Waals surface area contributed by atoms with Gasteiger partial charge in [0.1, 0.15) is 12.2 Å². The zero-order valence-corrected chi connectivity index (χ0v) is 15.7. The minimum absolute atomic E-state index is 0.00202. The van der Waals surface area contributed by atoms with Crippen LogP contribution in [0.15, 0.2) is 0 Å². The van der Waals surface area contributed by atoms with Crippen LogP contribution in [0.25, 0.3) is 0 Å². The van der Waals surface area contributed by atoms with Crippen molar-refractivity contribution < 1.29 is 28.5 Å². The van der Waals surface area contributed by atoms with E-state index in [1.165, 1.54) is 0 Å². The van der Waals surface area contributed by atoms with E-state index in [1.807, 2.05) is 13.8 Å². The zero-order chi connectivity index (χ0) is 18.3. The second-order valence-electron chi connectivity index (χ2n) is 8.51. The predicted molar refractivity (Wildman–Crippen MR) is 92.3 cm³/mol. The van der Waals surface area contributed by atoms with E-state index in [0.29, 0.717) is 12.2 Å². The second-order valence-corrected chi connectivity index (χ2v) is 8.51. The average molecular weight is 366 g/mol. The van der Waals surface area contributed by atoms with Crippen molar-refractivity contribution in [1.29, 1.82) is 0 Å². The Bertz CT molecular complexity index is 540. The zero-order valence-electron chi connectivity index (χ0n) is 15.7. The molecule has 6 heteroatoms. The van der Waals surface area contributed by atoms with Gasteiger partial charge in [-0.25, -0.2) is 0 Å². The van der Waals surface area contributed by atoms with Gasteiger partial charge in [0.2, 0.25) is 0 Å². The third-order valence-electron chi connectivity index (χ3n) is 6.35. The fourth-order valence-corrected chi connectivity index (χ4v) is 4.35. The summed E-state index contributed by atoms with van der Waals surface area (Å²) in [4.78, 5) is 24.5. The Morgan fingerprint density at radius 2 is 1.62 bits per heavy atom. The Balaban J connectivity index is 1.14. The molecule has 6 unspecified atom stereocenters. The summed E-state index contributed by atoms with van der Waals surface area (Å²) in [5.41, 5.74) is 0. The van der Waals surface area contributed by atoms with Gasteiger partial charge in [-0.1, -0.05) is 6.92 Å². The molecule has 6 atom stereocenters. The van der Waals surface area contributed by atoms with Gasteiger partial charge in [-0.05, 0) is 58.3 Å². The number of carbonyl (C=O) groups is 2. The number of hydrogen-bond donors (Lipinski definition) is 0.